The third-order valence-corrected chi connectivity index (χ3v) is 6.09. The lowest BCUT2D eigenvalue weighted by Crippen LogP contribution is -2.09. The van der Waals surface area contributed by atoms with Crippen LogP contribution in [-0.2, 0) is 0 Å². The maximum atomic E-state index is 2.65. The van der Waals surface area contributed by atoms with Crippen LogP contribution in [0, 0.1) is 11.3 Å². The number of hydrogen-bond donors (Lipinski definition) is 0. The van der Waals surface area contributed by atoms with Gasteiger partial charge in [0, 0.05) is 0 Å². The Kier molecular flexibility index (Phi) is 4.66. The van der Waals surface area contributed by atoms with E-state index >= 15 is 0 Å². The van der Waals surface area contributed by atoms with Crippen molar-refractivity contribution in [3.05, 3.63) is 11.6 Å². The van der Waals surface area contributed by atoms with Crippen LogP contribution in [-0.4, -0.2) is 0 Å². The fourth-order valence-electron chi connectivity index (χ4n) is 4.57. The summed E-state index contributed by atoms with van der Waals surface area (Å²) in [5, 5.41) is 0. The molecule has 1 spiro atoms. The first-order valence-electron chi connectivity index (χ1n) is 9.07. The van der Waals surface area contributed by atoms with Gasteiger partial charge in [-0.25, -0.2) is 0 Å². The van der Waals surface area contributed by atoms with Gasteiger partial charge in [-0.1, -0.05) is 69.4 Å². The van der Waals surface area contributed by atoms with Gasteiger partial charge in [0.25, 0.3) is 0 Å². The summed E-state index contributed by atoms with van der Waals surface area (Å²) in [5.74, 6) is 1.10. The summed E-state index contributed by atoms with van der Waals surface area (Å²) in [4.78, 5) is 0. The van der Waals surface area contributed by atoms with Crippen molar-refractivity contribution in [2.24, 2.45) is 11.3 Å². The van der Waals surface area contributed by atoms with E-state index in [0.29, 0.717) is 0 Å². The summed E-state index contributed by atoms with van der Waals surface area (Å²) in [5.41, 5.74) is 2.63. The molecule has 2 fully saturated rings. The van der Waals surface area contributed by atoms with E-state index in [1.165, 1.54) is 83.5 Å². The van der Waals surface area contributed by atoms with Crippen LogP contribution in [0.5, 0.6) is 0 Å². The molecule has 108 valence electrons. The number of hydrogen-bond acceptors (Lipinski definition) is 0. The maximum absolute atomic E-state index is 2.65. The smallest absolute Gasteiger partial charge is 0.0228 e. The minimum Gasteiger partial charge on any atom is -0.0848 e. The van der Waals surface area contributed by atoms with E-state index in [1.54, 1.807) is 12.8 Å². The molecule has 0 saturated heterocycles. The van der Waals surface area contributed by atoms with Crippen molar-refractivity contribution in [1.82, 2.24) is 0 Å². The van der Waals surface area contributed by atoms with Crippen molar-refractivity contribution in [3.63, 3.8) is 0 Å². The third kappa shape index (κ3) is 3.64. The molecule has 4 aliphatic rings. The summed E-state index contributed by atoms with van der Waals surface area (Å²) in [6.45, 7) is 0. The summed E-state index contributed by atoms with van der Waals surface area (Å²) >= 11 is 0. The van der Waals surface area contributed by atoms with Crippen LogP contribution in [0.25, 0.3) is 0 Å². The summed E-state index contributed by atoms with van der Waals surface area (Å²) in [6, 6.07) is 0. The molecule has 0 amide bonds. The van der Waals surface area contributed by atoms with Crippen LogP contribution in [0.1, 0.15) is 96.3 Å². The molecule has 4 rings (SSSR count). The first kappa shape index (κ1) is 13.7. The van der Waals surface area contributed by atoms with Gasteiger partial charge in [0.15, 0.2) is 0 Å². The molecule has 2 bridgehead atoms. The van der Waals surface area contributed by atoms with Gasteiger partial charge in [-0.15, -0.1) is 0 Å². The lowest BCUT2D eigenvalue weighted by atomic mass is 9.83. The molecule has 0 aliphatic heterocycles. The van der Waals surface area contributed by atoms with Crippen molar-refractivity contribution in [3.8, 4) is 0 Å². The lowest BCUT2D eigenvalue weighted by Gasteiger charge is -2.22. The Morgan fingerprint density at radius 1 is 0.789 bits per heavy atom. The quantitative estimate of drug-likeness (QED) is 0.442. The molecule has 0 unspecified atom stereocenters. The van der Waals surface area contributed by atoms with Gasteiger partial charge in [-0.05, 0) is 49.9 Å². The molecule has 0 nitrogen and oxygen atoms in total. The predicted octanol–water partition coefficient (Wildman–Crippen LogP) is 6.41. The molecular weight excluding hydrogens is 228 g/mol. The molecule has 2 saturated carbocycles. The van der Waals surface area contributed by atoms with Crippen LogP contribution >= 0.6 is 0 Å². The maximum Gasteiger partial charge on any atom is -0.0228 e. The molecule has 0 radical (unpaired) electrons. The highest BCUT2D eigenvalue weighted by Gasteiger charge is 2.53. The Labute approximate surface area is 120 Å². The highest BCUT2D eigenvalue weighted by Crippen LogP contribution is 2.63. The first-order valence-corrected chi connectivity index (χ1v) is 9.07. The second kappa shape index (κ2) is 6.46. The fourth-order valence-corrected chi connectivity index (χ4v) is 4.57. The zero-order valence-electron chi connectivity index (χ0n) is 12.8. The van der Waals surface area contributed by atoms with E-state index in [4.69, 9.17) is 0 Å². The second-order valence-electron chi connectivity index (χ2n) is 7.57. The van der Waals surface area contributed by atoms with Crippen LogP contribution in [0.4, 0.5) is 0 Å². The van der Waals surface area contributed by atoms with Gasteiger partial charge in [0.1, 0.15) is 0 Å². The molecule has 0 aromatic rings. The van der Waals surface area contributed by atoms with Gasteiger partial charge >= 0.3 is 0 Å². The number of allylic oxidation sites excluding steroid dienone is 2. The largest absolute Gasteiger partial charge is 0.0848 e. The fraction of sp³-hybridized carbons (Fsp3) is 0.895. The normalized spacial score (nSPS) is 37.5. The Morgan fingerprint density at radius 2 is 1.42 bits per heavy atom. The molecule has 0 N–H and O–H groups in total. The highest BCUT2D eigenvalue weighted by molar-refractivity contribution is 5.19. The van der Waals surface area contributed by atoms with Gasteiger partial charge in [-0.2, -0.15) is 0 Å². The van der Waals surface area contributed by atoms with E-state index in [1.807, 2.05) is 5.57 Å². The Morgan fingerprint density at radius 3 is 2.11 bits per heavy atom. The second-order valence-corrected chi connectivity index (χ2v) is 7.57. The molecule has 0 heterocycles. The Bertz CT molecular complexity index is 314. The van der Waals surface area contributed by atoms with Gasteiger partial charge < -0.3 is 0 Å². The SMILES string of the molecule is C1=C2CCCCCCCCCCCC[C@@]3(C1)C[C@@H]3C2. The van der Waals surface area contributed by atoms with Gasteiger partial charge in [0.05, 0.1) is 0 Å². The minimum atomic E-state index is 0.806. The highest BCUT2D eigenvalue weighted by atomic mass is 14.6. The van der Waals surface area contributed by atoms with Crippen molar-refractivity contribution in [2.45, 2.75) is 96.3 Å². The van der Waals surface area contributed by atoms with E-state index in [9.17, 15) is 0 Å². The minimum absolute atomic E-state index is 0.806. The van der Waals surface area contributed by atoms with Crippen molar-refractivity contribution in [2.75, 3.05) is 0 Å². The third-order valence-electron chi connectivity index (χ3n) is 6.09. The van der Waals surface area contributed by atoms with Crippen LogP contribution < -0.4 is 0 Å². The van der Waals surface area contributed by atoms with Crippen LogP contribution in [0.3, 0.4) is 0 Å². The average Bonchev–Trinajstić information content (AvgIpc) is 3.12. The van der Waals surface area contributed by atoms with Crippen molar-refractivity contribution >= 4 is 0 Å². The van der Waals surface area contributed by atoms with Crippen molar-refractivity contribution in [1.29, 1.82) is 0 Å². The molecule has 0 heteroatoms. The molecule has 0 aromatic heterocycles. The van der Waals surface area contributed by atoms with Gasteiger partial charge in [0.2, 0.25) is 0 Å². The summed E-state index contributed by atoms with van der Waals surface area (Å²) < 4.78 is 0. The first-order chi connectivity index (χ1) is 9.39. The molecular formula is C19H32. The molecule has 19 heavy (non-hydrogen) atoms. The summed E-state index contributed by atoms with van der Waals surface area (Å²) in [6.07, 6.45) is 25.0. The number of rotatable bonds is 0. The molecule has 4 aliphatic carbocycles. The van der Waals surface area contributed by atoms with E-state index < -0.39 is 0 Å². The van der Waals surface area contributed by atoms with Crippen LogP contribution in [0.2, 0.25) is 0 Å². The van der Waals surface area contributed by atoms with Gasteiger partial charge in [-0.3, -0.25) is 0 Å². The van der Waals surface area contributed by atoms with Crippen molar-refractivity contribution < 1.29 is 0 Å². The lowest BCUT2D eigenvalue weighted by molar-refractivity contribution is 0.378. The zero-order valence-corrected chi connectivity index (χ0v) is 12.8. The zero-order chi connectivity index (χ0) is 13.0. The van der Waals surface area contributed by atoms with E-state index in [-0.39, 0.29) is 0 Å². The van der Waals surface area contributed by atoms with E-state index in [2.05, 4.69) is 6.08 Å². The Hall–Kier alpha value is -0.260. The average molecular weight is 260 g/mol. The summed E-state index contributed by atoms with van der Waals surface area (Å²) in [7, 11) is 0. The topological polar surface area (TPSA) is 0 Å². The molecule has 0 aromatic carbocycles. The van der Waals surface area contributed by atoms with Crippen LogP contribution in [0.15, 0.2) is 11.6 Å². The standard InChI is InChI=1S/C19H32/c1-2-4-6-8-10-13-19-14-12-17(15-18(19)16-19)11-9-7-5-3-1/h12,18H,1-11,13-16H2/t18-,19+/m0/s1. The number of fused-ring (bicyclic) bond motifs is 12. The predicted molar refractivity (Wildman–Crippen MR) is 83.3 cm³/mol. The Balaban J connectivity index is 1.51. The molecule has 2 atom stereocenters. The van der Waals surface area contributed by atoms with E-state index in [0.717, 1.165) is 11.3 Å². The monoisotopic (exact) mass is 260 g/mol.